The summed E-state index contributed by atoms with van der Waals surface area (Å²) in [7, 11) is 0. The van der Waals surface area contributed by atoms with Gasteiger partial charge >= 0.3 is 6.03 Å². The molecule has 140 valence electrons. The molecule has 11 heteroatoms. The second-order valence-corrected chi connectivity index (χ2v) is 5.94. The number of nitrogens with one attached hydrogen (secondary N) is 1. The zero-order valence-electron chi connectivity index (χ0n) is 14.5. The van der Waals surface area contributed by atoms with Gasteiger partial charge in [-0.25, -0.2) is 14.5 Å². The van der Waals surface area contributed by atoms with E-state index in [4.69, 9.17) is 0 Å². The number of carbonyl (C=O) groups excluding carboxylic acids is 3. The van der Waals surface area contributed by atoms with Gasteiger partial charge in [-0.2, -0.15) is 4.99 Å². The number of imide groups is 1. The van der Waals surface area contributed by atoms with Crippen LogP contribution in [0.5, 0.6) is 0 Å². The molecule has 1 N–H and O–H groups in total. The second kappa shape index (κ2) is 7.31. The first kappa shape index (κ1) is 17.4. The average Bonchev–Trinajstić information content (AvgIpc) is 3.25. The minimum atomic E-state index is -0.682. The number of aliphatic imine (C=N–C) groups is 2. The van der Waals surface area contributed by atoms with E-state index in [2.05, 4.69) is 30.8 Å². The van der Waals surface area contributed by atoms with Crippen LogP contribution in [0.3, 0.4) is 0 Å². The van der Waals surface area contributed by atoms with Gasteiger partial charge in [0, 0.05) is 24.9 Å². The molecule has 0 saturated carbocycles. The van der Waals surface area contributed by atoms with Crippen molar-refractivity contribution in [2.24, 2.45) is 15.9 Å². The van der Waals surface area contributed by atoms with E-state index in [1.54, 1.807) is 36.4 Å². The second-order valence-electron chi connectivity index (χ2n) is 5.94. The number of hydrogen-bond donors (Lipinski definition) is 1. The Labute approximate surface area is 158 Å². The molecule has 0 fully saturated rings. The molecule has 28 heavy (non-hydrogen) atoms. The molecule has 2 aliphatic rings. The van der Waals surface area contributed by atoms with Crippen LogP contribution >= 0.6 is 0 Å². The van der Waals surface area contributed by atoms with Crippen molar-refractivity contribution in [2.45, 2.75) is 0 Å². The number of hydrogen-bond acceptors (Lipinski definition) is 7. The summed E-state index contributed by atoms with van der Waals surface area (Å²) in [6.45, 7) is 0.108. The zero-order chi connectivity index (χ0) is 19.5. The van der Waals surface area contributed by atoms with Crippen LogP contribution in [-0.2, 0) is 4.79 Å². The van der Waals surface area contributed by atoms with Gasteiger partial charge in [0.1, 0.15) is 18.1 Å². The predicted molar refractivity (Wildman–Crippen MR) is 97.2 cm³/mol. The highest BCUT2D eigenvalue weighted by Crippen LogP contribution is 2.18. The molecule has 2 aliphatic heterocycles. The third kappa shape index (κ3) is 3.32. The maximum atomic E-state index is 12.5. The summed E-state index contributed by atoms with van der Waals surface area (Å²) in [5, 5.41) is 13.6. The molecule has 1 aromatic heterocycles. The number of urea groups is 1. The summed E-state index contributed by atoms with van der Waals surface area (Å²) in [6, 6.07) is 6.05. The molecular weight excluding hydrogens is 364 g/mol. The fourth-order valence-electron chi connectivity index (χ4n) is 2.82. The van der Waals surface area contributed by atoms with Crippen molar-refractivity contribution in [3.8, 4) is 5.69 Å². The molecule has 0 bridgehead atoms. The topological polar surface area (TPSA) is 135 Å². The molecule has 2 aromatic rings. The summed E-state index contributed by atoms with van der Waals surface area (Å²) >= 11 is 0. The number of fused-ring (bicyclic) bond motifs is 1. The summed E-state index contributed by atoms with van der Waals surface area (Å²) in [5.41, 5.74) is 1.03. The van der Waals surface area contributed by atoms with E-state index in [9.17, 15) is 14.4 Å². The van der Waals surface area contributed by atoms with Gasteiger partial charge < -0.3 is 5.32 Å². The highest BCUT2D eigenvalue weighted by molar-refractivity contribution is 6.19. The first-order valence-corrected chi connectivity index (χ1v) is 8.40. The SMILES string of the molecule is O=C(NCCN1C(=O)N=C2N=CC=CC2C1=O)c1cccc(-n2cnnn2)c1. The lowest BCUT2D eigenvalue weighted by atomic mass is 10.0. The summed E-state index contributed by atoms with van der Waals surface area (Å²) in [4.78, 5) is 45.7. The number of benzene rings is 1. The lowest BCUT2D eigenvalue weighted by Gasteiger charge is -2.27. The van der Waals surface area contributed by atoms with Gasteiger partial charge in [0.05, 0.1) is 5.69 Å². The number of allylic oxidation sites excluding steroid dienone is 1. The molecule has 0 spiro atoms. The summed E-state index contributed by atoms with van der Waals surface area (Å²) < 4.78 is 1.43. The van der Waals surface area contributed by atoms with E-state index >= 15 is 0 Å². The smallest absolute Gasteiger partial charge is 0.350 e. The molecule has 0 radical (unpaired) electrons. The van der Waals surface area contributed by atoms with E-state index in [0.717, 1.165) is 4.90 Å². The Morgan fingerprint density at radius 1 is 1.25 bits per heavy atom. The van der Waals surface area contributed by atoms with Crippen LogP contribution in [0.2, 0.25) is 0 Å². The van der Waals surface area contributed by atoms with Crippen molar-refractivity contribution >= 4 is 29.9 Å². The van der Waals surface area contributed by atoms with Gasteiger partial charge in [-0.1, -0.05) is 12.1 Å². The van der Waals surface area contributed by atoms with Crippen molar-refractivity contribution in [1.29, 1.82) is 0 Å². The van der Waals surface area contributed by atoms with E-state index in [0.29, 0.717) is 11.3 Å². The maximum Gasteiger partial charge on any atom is 0.352 e. The van der Waals surface area contributed by atoms with Crippen molar-refractivity contribution in [1.82, 2.24) is 30.4 Å². The van der Waals surface area contributed by atoms with Crippen molar-refractivity contribution in [3.63, 3.8) is 0 Å². The van der Waals surface area contributed by atoms with Crippen molar-refractivity contribution in [2.75, 3.05) is 13.1 Å². The molecule has 0 aliphatic carbocycles. The van der Waals surface area contributed by atoms with Gasteiger partial charge in [-0.3, -0.25) is 14.5 Å². The average molecular weight is 378 g/mol. The lowest BCUT2D eigenvalue weighted by molar-refractivity contribution is -0.129. The third-order valence-electron chi connectivity index (χ3n) is 4.19. The van der Waals surface area contributed by atoms with Crippen LogP contribution in [0, 0.1) is 5.92 Å². The maximum absolute atomic E-state index is 12.5. The largest absolute Gasteiger partial charge is 0.352 e. The van der Waals surface area contributed by atoms with Gasteiger partial charge in [0.25, 0.3) is 5.91 Å². The minimum Gasteiger partial charge on any atom is -0.350 e. The Morgan fingerprint density at radius 2 is 2.14 bits per heavy atom. The molecular formula is C17H14N8O3. The van der Waals surface area contributed by atoms with Crippen LogP contribution in [0.15, 0.2) is 52.7 Å². The van der Waals surface area contributed by atoms with E-state index in [-0.39, 0.29) is 24.8 Å². The first-order chi connectivity index (χ1) is 13.6. The number of tetrazole rings is 1. The monoisotopic (exact) mass is 378 g/mol. The number of dihydropyridines is 1. The predicted octanol–water partition coefficient (Wildman–Crippen LogP) is 0.00960. The number of carbonyl (C=O) groups is 3. The van der Waals surface area contributed by atoms with Gasteiger partial charge in [-0.05, 0) is 34.7 Å². The Bertz CT molecular complexity index is 1020. The Morgan fingerprint density at radius 3 is 2.96 bits per heavy atom. The van der Waals surface area contributed by atoms with Crippen LogP contribution in [-0.4, -0.2) is 68.1 Å². The van der Waals surface area contributed by atoms with Crippen LogP contribution < -0.4 is 5.32 Å². The van der Waals surface area contributed by atoms with Crippen molar-refractivity contribution < 1.29 is 14.4 Å². The first-order valence-electron chi connectivity index (χ1n) is 8.40. The van der Waals surface area contributed by atoms with Crippen LogP contribution in [0.1, 0.15) is 10.4 Å². The number of nitrogens with zero attached hydrogens (tertiary/aromatic N) is 7. The number of amides is 4. The van der Waals surface area contributed by atoms with Crippen molar-refractivity contribution in [3.05, 3.63) is 48.3 Å². The molecule has 4 rings (SSSR count). The quantitative estimate of drug-likeness (QED) is 0.779. The fraction of sp³-hybridized carbons (Fsp3) is 0.176. The fourth-order valence-corrected chi connectivity index (χ4v) is 2.82. The van der Waals surface area contributed by atoms with E-state index in [1.807, 2.05) is 0 Å². The Balaban J connectivity index is 1.38. The normalized spacial score (nSPS) is 18.1. The number of rotatable bonds is 5. The highest BCUT2D eigenvalue weighted by Gasteiger charge is 2.36. The van der Waals surface area contributed by atoms with Gasteiger partial charge in [-0.15, -0.1) is 5.10 Å². The van der Waals surface area contributed by atoms with E-state index < -0.39 is 17.9 Å². The molecule has 1 atom stereocenters. The van der Waals surface area contributed by atoms with Gasteiger partial charge in [0.15, 0.2) is 0 Å². The third-order valence-corrected chi connectivity index (χ3v) is 4.19. The molecule has 1 aromatic carbocycles. The summed E-state index contributed by atoms with van der Waals surface area (Å²) in [6.07, 6.45) is 6.17. The molecule has 3 heterocycles. The molecule has 11 nitrogen and oxygen atoms in total. The standard InChI is InChI=1S/C17H14N8O3/c26-15(11-3-1-4-12(9-11)25-10-20-22-23-25)19-7-8-24-16(27)13-5-2-6-18-14(13)21-17(24)28/h1-6,9-10,13H,7-8H2,(H,19,26). The zero-order valence-corrected chi connectivity index (χ0v) is 14.5. The molecule has 4 amide bonds. The van der Waals surface area contributed by atoms with Gasteiger partial charge in [0.2, 0.25) is 5.91 Å². The Kier molecular flexibility index (Phi) is 4.54. The Hall–Kier alpha value is -4.02. The molecule has 1 unspecified atom stereocenters. The lowest BCUT2D eigenvalue weighted by Crippen LogP contribution is -2.48. The number of aromatic nitrogens is 4. The molecule has 0 saturated heterocycles. The minimum absolute atomic E-state index is 0.0148. The highest BCUT2D eigenvalue weighted by atomic mass is 16.2. The number of amidine groups is 1. The van der Waals surface area contributed by atoms with Crippen LogP contribution in [0.25, 0.3) is 5.69 Å². The summed E-state index contributed by atoms with van der Waals surface area (Å²) in [5.74, 6) is -1.22. The van der Waals surface area contributed by atoms with E-state index in [1.165, 1.54) is 17.2 Å². The van der Waals surface area contributed by atoms with Crippen LogP contribution in [0.4, 0.5) is 4.79 Å².